The average Bonchev–Trinajstić information content (AvgIpc) is 3.44. The van der Waals surface area contributed by atoms with Crippen LogP contribution in [0.25, 0.3) is 0 Å². The van der Waals surface area contributed by atoms with Crippen LogP contribution in [0.4, 0.5) is 4.39 Å². The molecule has 2 aliphatic rings. The minimum absolute atomic E-state index is 0.181. The molecule has 3 atom stereocenters. The summed E-state index contributed by atoms with van der Waals surface area (Å²) in [6.45, 7) is 3.49. The van der Waals surface area contributed by atoms with Gasteiger partial charge in [0.25, 0.3) is 0 Å². The summed E-state index contributed by atoms with van der Waals surface area (Å²) < 4.78 is 30.6. The van der Waals surface area contributed by atoms with Crippen LogP contribution in [0.5, 0.6) is 0 Å². The van der Waals surface area contributed by atoms with Crippen LogP contribution in [0.1, 0.15) is 45.1 Å². The Balaban J connectivity index is 0.000000380. The molecule has 1 aliphatic heterocycles. The summed E-state index contributed by atoms with van der Waals surface area (Å²) in [5.74, 6) is 3.13. The number of carboxylic acid groups (broad SMARTS) is 1. The highest BCUT2D eigenvalue weighted by Gasteiger charge is 2.43. The molecular formula is C22H25BrFNO6S. The molecule has 1 aliphatic carbocycles. The second-order valence-corrected chi connectivity index (χ2v) is 10.3. The number of oxime groups is 1. The summed E-state index contributed by atoms with van der Waals surface area (Å²) in [4.78, 5) is 27.3. The number of carbonyl (C=O) groups excluding carboxylic acids is 1. The molecule has 10 heteroatoms. The monoisotopic (exact) mass is 529 g/mol. The van der Waals surface area contributed by atoms with Gasteiger partial charge in [0, 0.05) is 51.8 Å². The highest BCUT2D eigenvalue weighted by Crippen LogP contribution is 2.30. The third-order valence-electron chi connectivity index (χ3n) is 4.89. The Morgan fingerprint density at radius 2 is 2.12 bits per heavy atom. The minimum Gasteiger partial charge on any atom is -0.472 e. The number of aliphatic carboxylic acids is 1. The van der Waals surface area contributed by atoms with Crippen LogP contribution in [0.15, 0.2) is 27.8 Å². The molecule has 1 fully saturated rings. The molecule has 1 aromatic rings. The molecule has 1 N–H and O–H groups in total. The highest BCUT2D eigenvalue weighted by molar-refractivity contribution is 9.10. The van der Waals surface area contributed by atoms with E-state index in [2.05, 4.69) is 32.9 Å². The SMILES string of the molecule is CCOC(=O)C(C)(CC1CC(c2ccc(Br)cc2F)=NO1)S(C)=O.O=C(O)C#CC1CC1. The van der Waals surface area contributed by atoms with Gasteiger partial charge in [-0.1, -0.05) is 27.0 Å². The standard InChI is InChI=1S/C16H19BrFNO4S.C6H6O2/c1-4-22-15(20)16(2,24(3)21)9-11-8-14(19-23-11)12-6-5-10(17)7-13(12)18;7-6(8)4-3-5-1-2-5/h5-7,11H,4,8-9H2,1-3H3;5H,1-2H2,(H,7,8). The first kappa shape index (κ1) is 26.0. The maximum Gasteiger partial charge on any atom is 0.381 e. The lowest BCUT2D eigenvalue weighted by Crippen LogP contribution is -2.44. The number of halogens is 2. The molecule has 3 unspecified atom stereocenters. The summed E-state index contributed by atoms with van der Waals surface area (Å²) in [7, 11) is -1.45. The molecule has 1 saturated carbocycles. The van der Waals surface area contributed by atoms with Crippen molar-refractivity contribution in [3.8, 4) is 11.8 Å². The van der Waals surface area contributed by atoms with E-state index in [0.29, 0.717) is 28.1 Å². The lowest BCUT2D eigenvalue weighted by Gasteiger charge is -2.26. The van der Waals surface area contributed by atoms with Gasteiger partial charge >= 0.3 is 11.9 Å². The number of benzene rings is 1. The van der Waals surface area contributed by atoms with Crippen molar-refractivity contribution in [2.75, 3.05) is 12.9 Å². The fourth-order valence-electron chi connectivity index (χ4n) is 2.85. The molecule has 1 heterocycles. The Morgan fingerprint density at radius 1 is 1.44 bits per heavy atom. The molecule has 0 bridgehead atoms. The third kappa shape index (κ3) is 7.41. The van der Waals surface area contributed by atoms with Crippen molar-refractivity contribution in [1.29, 1.82) is 0 Å². The van der Waals surface area contributed by atoms with Crippen molar-refractivity contribution in [1.82, 2.24) is 0 Å². The Bertz CT molecular complexity index is 984. The van der Waals surface area contributed by atoms with E-state index in [4.69, 9.17) is 14.7 Å². The van der Waals surface area contributed by atoms with Crippen LogP contribution in [0.3, 0.4) is 0 Å². The molecule has 0 spiro atoms. The molecule has 174 valence electrons. The van der Waals surface area contributed by atoms with Crippen LogP contribution < -0.4 is 0 Å². The van der Waals surface area contributed by atoms with E-state index >= 15 is 0 Å². The van der Waals surface area contributed by atoms with Gasteiger partial charge in [-0.2, -0.15) is 0 Å². The van der Waals surface area contributed by atoms with E-state index in [1.54, 1.807) is 26.0 Å². The van der Waals surface area contributed by atoms with E-state index in [0.717, 1.165) is 12.8 Å². The van der Waals surface area contributed by atoms with E-state index in [1.807, 2.05) is 0 Å². The van der Waals surface area contributed by atoms with Gasteiger partial charge < -0.3 is 14.7 Å². The van der Waals surface area contributed by atoms with E-state index < -0.39 is 39.4 Å². The van der Waals surface area contributed by atoms with Crippen molar-refractivity contribution in [3.63, 3.8) is 0 Å². The van der Waals surface area contributed by atoms with Crippen LogP contribution in [-0.4, -0.2) is 50.7 Å². The van der Waals surface area contributed by atoms with Gasteiger partial charge in [0.15, 0.2) is 0 Å². The van der Waals surface area contributed by atoms with Crippen LogP contribution in [-0.2, 0) is 30.0 Å². The normalized spacial score (nSPS) is 19.7. The zero-order valence-corrected chi connectivity index (χ0v) is 20.4. The smallest absolute Gasteiger partial charge is 0.381 e. The maximum absolute atomic E-state index is 14.0. The van der Waals surface area contributed by atoms with E-state index in [1.165, 1.54) is 12.3 Å². The van der Waals surface area contributed by atoms with Gasteiger partial charge in [-0.05, 0) is 44.9 Å². The zero-order valence-electron chi connectivity index (χ0n) is 18.0. The number of hydrogen-bond acceptors (Lipinski definition) is 6. The van der Waals surface area contributed by atoms with Gasteiger partial charge in [0.2, 0.25) is 0 Å². The van der Waals surface area contributed by atoms with Crippen molar-refractivity contribution in [2.45, 2.75) is 50.4 Å². The lowest BCUT2D eigenvalue weighted by molar-refractivity contribution is -0.146. The van der Waals surface area contributed by atoms with Crippen molar-refractivity contribution >= 4 is 44.4 Å². The topological polar surface area (TPSA) is 102 Å². The molecule has 0 radical (unpaired) electrons. The van der Waals surface area contributed by atoms with E-state index in [9.17, 15) is 18.2 Å². The molecule has 32 heavy (non-hydrogen) atoms. The van der Waals surface area contributed by atoms with Crippen molar-refractivity contribution in [3.05, 3.63) is 34.1 Å². The van der Waals surface area contributed by atoms with Crippen molar-refractivity contribution in [2.24, 2.45) is 11.1 Å². The average molecular weight is 530 g/mol. The first-order valence-electron chi connectivity index (χ1n) is 10.00. The maximum atomic E-state index is 14.0. The van der Waals surface area contributed by atoms with Gasteiger partial charge in [0.1, 0.15) is 16.7 Å². The van der Waals surface area contributed by atoms with Crippen LogP contribution >= 0.6 is 15.9 Å². The lowest BCUT2D eigenvalue weighted by atomic mass is 9.97. The molecule has 0 saturated heterocycles. The Labute approximate surface area is 197 Å². The molecular weight excluding hydrogens is 505 g/mol. The first-order valence-corrected chi connectivity index (χ1v) is 12.3. The van der Waals surface area contributed by atoms with E-state index in [-0.39, 0.29) is 13.0 Å². The third-order valence-corrected chi connectivity index (χ3v) is 6.99. The number of esters is 1. The van der Waals surface area contributed by atoms with Crippen LogP contribution in [0, 0.1) is 23.6 Å². The summed E-state index contributed by atoms with van der Waals surface area (Å²) in [5, 5.41) is 12.0. The van der Waals surface area contributed by atoms with Gasteiger partial charge in [-0.3, -0.25) is 9.00 Å². The molecule has 1 aromatic carbocycles. The Morgan fingerprint density at radius 3 is 2.66 bits per heavy atom. The fraction of sp³-hybridized carbons (Fsp3) is 0.500. The second-order valence-electron chi connectivity index (χ2n) is 7.55. The number of nitrogens with zero attached hydrogens (tertiary/aromatic N) is 1. The molecule has 0 aromatic heterocycles. The predicted octanol–water partition coefficient (Wildman–Crippen LogP) is 3.66. The number of carboxylic acids is 1. The first-order chi connectivity index (χ1) is 15.1. The molecule has 0 amide bonds. The van der Waals surface area contributed by atoms with Gasteiger partial charge in [-0.15, -0.1) is 0 Å². The molecule has 7 nitrogen and oxygen atoms in total. The summed E-state index contributed by atoms with van der Waals surface area (Å²) in [6.07, 6.45) is 3.69. The largest absolute Gasteiger partial charge is 0.472 e. The molecule has 3 rings (SSSR count). The second kappa shape index (κ2) is 11.6. The number of ether oxygens (including phenoxy) is 1. The summed E-state index contributed by atoms with van der Waals surface area (Å²) in [5.41, 5.74) is 0.828. The van der Waals surface area contributed by atoms with Crippen molar-refractivity contribution < 1.29 is 32.9 Å². The Kier molecular flexibility index (Phi) is 9.40. The fourth-order valence-corrected chi connectivity index (χ4v) is 3.90. The summed E-state index contributed by atoms with van der Waals surface area (Å²) >= 11 is 3.21. The van der Waals surface area contributed by atoms with Gasteiger partial charge in [0.05, 0.1) is 12.3 Å². The number of carbonyl (C=O) groups is 2. The summed E-state index contributed by atoms with van der Waals surface area (Å²) in [6, 6.07) is 4.69. The minimum atomic E-state index is -1.45. The predicted molar refractivity (Wildman–Crippen MR) is 122 cm³/mol. The highest BCUT2D eigenvalue weighted by atomic mass is 79.9. The van der Waals surface area contributed by atoms with Gasteiger partial charge in [-0.25, -0.2) is 9.18 Å². The quantitative estimate of drug-likeness (QED) is 0.445. The number of rotatable bonds is 6. The Hall–Kier alpha value is -2.25. The zero-order chi connectivity index (χ0) is 23.9. The van der Waals surface area contributed by atoms with Crippen LogP contribution in [0.2, 0.25) is 0 Å². The number of hydrogen-bond donors (Lipinski definition) is 1.